The SMILES string of the molecule is OC1CCN(C2CCCCC2O)C1. The molecule has 1 saturated heterocycles. The fourth-order valence-corrected chi connectivity index (χ4v) is 2.59. The van der Waals surface area contributed by atoms with Crippen LogP contribution in [-0.2, 0) is 0 Å². The third-order valence-electron chi connectivity index (χ3n) is 3.36. The van der Waals surface area contributed by atoms with E-state index in [1.54, 1.807) is 0 Å². The molecule has 2 fully saturated rings. The van der Waals surface area contributed by atoms with Crippen LogP contribution in [0.2, 0.25) is 0 Å². The molecule has 0 aromatic carbocycles. The van der Waals surface area contributed by atoms with Crippen LogP contribution in [0.4, 0.5) is 0 Å². The predicted molar refractivity (Wildman–Crippen MR) is 50.5 cm³/mol. The maximum atomic E-state index is 9.79. The number of aliphatic hydroxyl groups excluding tert-OH is 2. The van der Waals surface area contributed by atoms with Crippen LogP contribution in [-0.4, -0.2) is 46.5 Å². The van der Waals surface area contributed by atoms with Crippen molar-refractivity contribution in [1.82, 2.24) is 4.90 Å². The van der Waals surface area contributed by atoms with Crippen molar-refractivity contribution >= 4 is 0 Å². The topological polar surface area (TPSA) is 43.7 Å². The van der Waals surface area contributed by atoms with Gasteiger partial charge in [-0.1, -0.05) is 12.8 Å². The standard InChI is InChI=1S/C10H19NO2/c12-8-5-6-11(7-8)9-3-1-2-4-10(9)13/h8-10,12-13H,1-7H2. The highest BCUT2D eigenvalue weighted by Crippen LogP contribution is 2.25. The van der Waals surface area contributed by atoms with E-state index in [0.29, 0.717) is 6.04 Å². The Morgan fingerprint density at radius 2 is 1.77 bits per heavy atom. The highest BCUT2D eigenvalue weighted by Gasteiger charge is 2.32. The van der Waals surface area contributed by atoms with Gasteiger partial charge in [0.1, 0.15) is 0 Å². The maximum absolute atomic E-state index is 9.79. The van der Waals surface area contributed by atoms with Crippen molar-refractivity contribution in [1.29, 1.82) is 0 Å². The van der Waals surface area contributed by atoms with Crippen molar-refractivity contribution in [2.24, 2.45) is 0 Å². The first-order valence-electron chi connectivity index (χ1n) is 5.37. The van der Waals surface area contributed by atoms with Gasteiger partial charge in [-0.05, 0) is 19.3 Å². The Balaban J connectivity index is 1.91. The van der Waals surface area contributed by atoms with Crippen molar-refractivity contribution in [2.45, 2.75) is 50.4 Å². The summed E-state index contributed by atoms with van der Waals surface area (Å²) in [5.74, 6) is 0. The van der Waals surface area contributed by atoms with Crippen LogP contribution < -0.4 is 0 Å². The average Bonchev–Trinajstić information content (AvgIpc) is 2.53. The second-order valence-corrected chi connectivity index (χ2v) is 4.36. The van der Waals surface area contributed by atoms with Crippen LogP contribution in [0.25, 0.3) is 0 Å². The summed E-state index contributed by atoms with van der Waals surface area (Å²) < 4.78 is 0. The molecule has 0 amide bonds. The monoisotopic (exact) mass is 185 g/mol. The van der Waals surface area contributed by atoms with Gasteiger partial charge in [0.15, 0.2) is 0 Å². The van der Waals surface area contributed by atoms with E-state index >= 15 is 0 Å². The number of likely N-dealkylation sites (tertiary alicyclic amines) is 1. The third kappa shape index (κ3) is 2.03. The number of β-amino-alcohol motifs (C(OH)–C–C–N with tert-alkyl or cyclic N) is 1. The molecule has 1 saturated carbocycles. The molecule has 3 atom stereocenters. The van der Waals surface area contributed by atoms with E-state index in [-0.39, 0.29) is 12.2 Å². The van der Waals surface area contributed by atoms with Crippen LogP contribution in [0.5, 0.6) is 0 Å². The quantitative estimate of drug-likeness (QED) is 0.620. The van der Waals surface area contributed by atoms with E-state index in [1.807, 2.05) is 0 Å². The van der Waals surface area contributed by atoms with E-state index < -0.39 is 0 Å². The maximum Gasteiger partial charge on any atom is 0.0695 e. The van der Waals surface area contributed by atoms with Gasteiger partial charge in [0.05, 0.1) is 12.2 Å². The smallest absolute Gasteiger partial charge is 0.0695 e. The predicted octanol–water partition coefficient (Wildman–Crippen LogP) is 0.357. The highest BCUT2D eigenvalue weighted by atomic mass is 16.3. The molecule has 13 heavy (non-hydrogen) atoms. The van der Waals surface area contributed by atoms with Crippen molar-refractivity contribution in [3.05, 3.63) is 0 Å². The van der Waals surface area contributed by atoms with Gasteiger partial charge in [-0.2, -0.15) is 0 Å². The molecule has 1 aliphatic carbocycles. The molecule has 0 spiro atoms. The number of hydrogen-bond acceptors (Lipinski definition) is 3. The Morgan fingerprint density at radius 3 is 2.38 bits per heavy atom. The molecule has 2 N–H and O–H groups in total. The molecule has 3 heteroatoms. The largest absolute Gasteiger partial charge is 0.392 e. The Labute approximate surface area is 79.4 Å². The minimum Gasteiger partial charge on any atom is -0.392 e. The van der Waals surface area contributed by atoms with E-state index in [4.69, 9.17) is 0 Å². The molecule has 76 valence electrons. The molecule has 0 aromatic heterocycles. The normalized spacial score (nSPS) is 42.5. The van der Waals surface area contributed by atoms with Crippen LogP contribution >= 0.6 is 0 Å². The first-order valence-corrected chi connectivity index (χ1v) is 5.37. The van der Waals surface area contributed by atoms with Crippen LogP contribution in [0.1, 0.15) is 32.1 Å². The van der Waals surface area contributed by atoms with E-state index in [1.165, 1.54) is 6.42 Å². The summed E-state index contributed by atoms with van der Waals surface area (Å²) in [4.78, 5) is 2.26. The summed E-state index contributed by atoms with van der Waals surface area (Å²) in [5.41, 5.74) is 0. The molecule has 0 radical (unpaired) electrons. The number of hydrogen-bond donors (Lipinski definition) is 2. The lowest BCUT2D eigenvalue weighted by Gasteiger charge is -2.34. The summed E-state index contributed by atoms with van der Waals surface area (Å²) in [6.07, 6.45) is 5.00. The summed E-state index contributed by atoms with van der Waals surface area (Å²) >= 11 is 0. The Kier molecular flexibility index (Phi) is 2.86. The Morgan fingerprint density at radius 1 is 1.00 bits per heavy atom. The molecule has 0 bridgehead atoms. The van der Waals surface area contributed by atoms with Gasteiger partial charge in [0, 0.05) is 19.1 Å². The summed E-state index contributed by atoms with van der Waals surface area (Å²) in [6.45, 7) is 1.73. The van der Waals surface area contributed by atoms with Crippen molar-refractivity contribution in [2.75, 3.05) is 13.1 Å². The van der Waals surface area contributed by atoms with Gasteiger partial charge in [-0.3, -0.25) is 4.90 Å². The number of aliphatic hydroxyl groups is 2. The summed E-state index contributed by atoms with van der Waals surface area (Å²) in [5, 5.41) is 19.2. The van der Waals surface area contributed by atoms with Gasteiger partial charge in [-0.25, -0.2) is 0 Å². The molecule has 3 unspecified atom stereocenters. The van der Waals surface area contributed by atoms with Crippen molar-refractivity contribution in [3.8, 4) is 0 Å². The van der Waals surface area contributed by atoms with Gasteiger partial charge >= 0.3 is 0 Å². The van der Waals surface area contributed by atoms with Crippen molar-refractivity contribution in [3.63, 3.8) is 0 Å². The molecular weight excluding hydrogens is 166 g/mol. The second kappa shape index (κ2) is 3.95. The van der Waals surface area contributed by atoms with Gasteiger partial charge in [0.2, 0.25) is 0 Å². The Hall–Kier alpha value is -0.120. The second-order valence-electron chi connectivity index (χ2n) is 4.36. The first kappa shape index (κ1) is 9.44. The number of nitrogens with zero attached hydrogens (tertiary/aromatic N) is 1. The molecule has 1 aliphatic heterocycles. The summed E-state index contributed by atoms with van der Waals surface area (Å²) in [7, 11) is 0. The zero-order valence-electron chi connectivity index (χ0n) is 8.02. The average molecular weight is 185 g/mol. The lowest BCUT2D eigenvalue weighted by Crippen LogP contribution is -2.44. The van der Waals surface area contributed by atoms with Crippen LogP contribution in [0, 0.1) is 0 Å². The van der Waals surface area contributed by atoms with Gasteiger partial charge < -0.3 is 10.2 Å². The van der Waals surface area contributed by atoms with Gasteiger partial charge in [-0.15, -0.1) is 0 Å². The highest BCUT2D eigenvalue weighted by molar-refractivity contribution is 4.87. The molecule has 2 rings (SSSR count). The van der Waals surface area contributed by atoms with E-state index in [2.05, 4.69) is 4.90 Å². The fourth-order valence-electron chi connectivity index (χ4n) is 2.59. The third-order valence-corrected chi connectivity index (χ3v) is 3.36. The van der Waals surface area contributed by atoms with Crippen molar-refractivity contribution < 1.29 is 10.2 Å². The Bertz CT molecular complexity index is 174. The molecule has 2 aliphatic rings. The lowest BCUT2D eigenvalue weighted by molar-refractivity contribution is 0.0253. The lowest BCUT2D eigenvalue weighted by atomic mass is 9.91. The fraction of sp³-hybridized carbons (Fsp3) is 1.00. The van der Waals surface area contributed by atoms with E-state index in [9.17, 15) is 10.2 Å². The number of rotatable bonds is 1. The van der Waals surface area contributed by atoms with Gasteiger partial charge in [0.25, 0.3) is 0 Å². The molecule has 0 aromatic rings. The minimum atomic E-state index is -0.158. The zero-order chi connectivity index (χ0) is 9.26. The van der Waals surface area contributed by atoms with Crippen LogP contribution in [0.3, 0.4) is 0 Å². The van der Waals surface area contributed by atoms with E-state index in [0.717, 1.165) is 38.8 Å². The molecular formula is C10H19NO2. The molecule has 1 heterocycles. The zero-order valence-corrected chi connectivity index (χ0v) is 8.02. The molecule has 3 nitrogen and oxygen atoms in total. The first-order chi connectivity index (χ1) is 6.27. The minimum absolute atomic E-state index is 0.154. The summed E-state index contributed by atoms with van der Waals surface area (Å²) in [6, 6.07) is 0.325. The van der Waals surface area contributed by atoms with Crippen LogP contribution in [0.15, 0.2) is 0 Å².